The van der Waals surface area contributed by atoms with Crippen molar-refractivity contribution < 1.29 is 24.3 Å². The molecule has 0 radical (unpaired) electrons. The average Bonchev–Trinajstić information content (AvgIpc) is 2.27. The molecule has 0 amide bonds. The number of rotatable bonds is 10. The van der Waals surface area contributed by atoms with Crippen LogP contribution in [0.25, 0.3) is 0 Å². The zero-order chi connectivity index (χ0) is 15.1. The largest absolute Gasteiger partial charge is 0.480 e. The van der Waals surface area contributed by atoms with Gasteiger partial charge in [-0.2, -0.15) is 0 Å². The minimum absolute atomic E-state index is 0.439. The molecule has 0 bridgehead atoms. The number of aliphatic carboxylic acids is 1. The number of carboxylic acids is 1. The van der Waals surface area contributed by atoms with E-state index < -0.39 is 26.4 Å². The molecule has 0 aliphatic rings. The van der Waals surface area contributed by atoms with Crippen LogP contribution in [0.2, 0.25) is 0 Å². The van der Waals surface area contributed by atoms with E-state index in [1.165, 1.54) is 38.8 Å². The van der Waals surface area contributed by atoms with Crippen LogP contribution in [0, 0.1) is 0 Å². The van der Waals surface area contributed by atoms with Gasteiger partial charge in [-0.25, -0.2) is 0 Å². The monoisotopic (exact) mass is 298 g/mol. The van der Waals surface area contributed by atoms with Gasteiger partial charge in [0.15, 0.2) is 0 Å². The zero-order valence-electron chi connectivity index (χ0n) is 11.8. The predicted molar refractivity (Wildman–Crippen MR) is 75.2 cm³/mol. The molecule has 0 aromatic rings. The van der Waals surface area contributed by atoms with E-state index in [9.17, 15) is 9.36 Å². The van der Waals surface area contributed by atoms with Crippen LogP contribution in [0.3, 0.4) is 0 Å². The first-order valence-corrected chi connectivity index (χ1v) is 8.31. The molecule has 0 fully saturated rings. The highest BCUT2D eigenvalue weighted by Gasteiger charge is 2.11. The highest BCUT2D eigenvalue weighted by Crippen LogP contribution is 2.31. The van der Waals surface area contributed by atoms with Crippen molar-refractivity contribution >= 4 is 13.6 Å². The summed E-state index contributed by atoms with van der Waals surface area (Å²) in [6.07, 6.45) is 4.66. The van der Waals surface area contributed by atoms with Crippen molar-refractivity contribution in [3.63, 3.8) is 0 Å². The minimum atomic E-state index is -4.10. The lowest BCUT2D eigenvalue weighted by molar-refractivity contribution is -0.135. The zero-order valence-corrected chi connectivity index (χ0v) is 12.7. The molecule has 0 heterocycles. The number of carboxylic acid groups (broad SMARTS) is 1. The summed E-state index contributed by atoms with van der Waals surface area (Å²) < 4.78 is 10.1. The molecule has 0 spiro atoms. The number of carbonyl (C=O) groups is 1. The Bertz CT molecular complexity index is 251. The Morgan fingerprint density at radius 1 is 1.05 bits per heavy atom. The average molecular weight is 298 g/mol. The van der Waals surface area contributed by atoms with Crippen LogP contribution < -0.4 is 10.6 Å². The van der Waals surface area contributed by atoms with Gasteiger partial charge in [-0.15, -0.1) is 0 Å². The molecule has 0 aromatic carbocycles. The molecule has 0 saturated heterocycles. The van der Waals surface area contributed by atoms with Gasteiger partial charge in [-0.05, 0) is 25.9 Å². The van der Waals surface area contributed by atoms with Crippen LogP contribution >= 0.6 is 7.60 Å². The van der Waals surface area contributed by atoms with E-state index in [1.54, 1.807) is 0 Å². The molecule has 5 N–H and O–H groups in total. The molecule has 0 rings (SSSR count). The quantitative estimate of drug-likeness (QED) is 0.301. The summed E-state index contributed by atoms with van der Waals surface area (Å²) in [6.45, 7) is 6.42. The summed E-state index contributed by atoms with van der Waals surface area (Å²) in [7, 11) is -4.10. The number of hydrogen-bond donors (Lipinski definition) is 5. The lowest BCUT2D eigenvalue weighted by atomic mass is 10.3. The van der Waals surface area contributed by atoms with Gasteiger partial charge in [-0.3, -0.25) is 14.7 Å². The third-order valence-electron chi connectivity index (χ3n) is 2.01. The van der Waals surface area contributed by atoms with E-state index >= 15 is 0 Å². The summed E-state index contributed by atoms with van der Waals surface area (Å²) in [4.78, 5) is 26.1. The van der Waals surface area contributed by atoms with Gasteiger partial charge in [0.25, 0.3) is 0 Å². The SMILES string of the molecule is CCCCNCCCC.O=C(O)CNCP(=O)(O)O. The first-order chi connectivity index (χ1) is 8.83. The molecular weight excluding hydrogens is 271 g/mol. The van der Waals surface area contributed by atoms with Gasteiger partial charge in [0.05, 0.1) is 12.8 Å². The van der Waals surface area contributed by atoms with Crippen molar-refractivity contribution in [1.29, 1.82) is 0 Å². The lowest BCUT2D eigenvalue weighted by Crippen LogP contribution is -2.23. The highest BCUT2D eigenvalue weighted by atomic mass is 31.2. The fourth-order valence-electron chi connectivity index (χ4n) is 1.04. The van der Waals surface area contributed by atoms with Gasteiger partial charge in [0.1, 0.15) is 0 Å². The Labute approximate surface area is 115 Å². The lowest BCUT2D eigenvalue weighted by Gasteiger charge is -2.02. The molecule has 0 aromatic heterocycles. The van der Waals surface area contributed by atoms with Crippen LogP contribution in [0.5, 0.6) is 0 Å². The Kier molecular flexibility index (Phi) is 15.3. The van der Waals surface area contributed by atoms with E-state index in [-0.39, 0.29) is 0 Å². The number of nitrogens with one attached hydrogen (secondary N) is 2. The first kappa shape index (κ1) is 20.8. The maximum absolute atomic E-state index is 10.1. The van der Waals surface area contributed by atoms with E-state index in [1.807, 2.05) is 0 Å². The Balaban J connectivity index is 0. The van der Waals surface area contributed by atoms with Crippen LogP contribution in [0.15, 0.2) is 0 Å². The van der Waals surface area contributed by atoms with E-state index in [0.717, 1.165) is 0 Å². The van der Waals surface area contributed by atoms with Gasteiger partial charge in [0, 0.05) is 0 Å². The van der Waals surface area contributed by atoms with Crippen LogP contribution in [-0.4, -0.2) is 46.8 Å². The summed E-state index contributed by atoms with van der Waals surface area (Å²) in [6, 6.07) is 0. The molecule has 7 nitrogen and oxygen atoms in total. The number of hydrogen-bond acceptors (Lipinski definition) is 4. The summed E-state index contributed by atoms with van der Waals surface area (Å²) in [5.41, 5.74) is 0. The van der Waals surface area contributed by atoms with Crippen LogP contribution in [0.1, 0.15) is 39.5 Å². The van der Waals surface area contributed by atoms with Gasteiger partial charge < -0.3 is 20.2 Å². The summed E-state index contributed by atoms with van der Waals surface area (Å²) in [5.74, 6) is -1.14. The highest BCUT2D eigenvalue weighted by molar-refractivity contribution is 7.51. The Morgan fingerprint density at radius 2 is 1.53 bits per heavy atom. The summed E-state index contributed by atoms with van der Waals surface area (Å²) in [5, 5.41) is 13.4. The second kappa shape index (κ2) is 14.0. The van der Waals surface area contributed by atoms with Gasteiger partial charge in [0.2, 0.25) is 0 Å². The normalized spacial score (nSPS) is 10.7. The topological polar surface area (TPSA) is 119 Å². The third kappa shape index (κ3) is 26.9. The molecule has 116 valence electrons. The predicted octanol–water partition coefficient (Wildman–Crippen LogP) is 0.972. The molecule has 19 heavy (non-hydrogen) atoms. The molecule has 0 aliphatic heterocycles. The Morgan fingerprint density at radius 3 is 1.84 bits per heavy atom. The Hall–Kier alpha value is -0.460. The standard InChI is InChI=1S/C8H19N.C3H8NO5P/c1-3-5-7-9-8-6-4-2;5-3(6)1-4-2-10(7,8)9/h9H,3-8H2,1-2H3;4H,1-2H2,(H,5,6)(H2,7,8,9). The fourth-order valence-corrected chi connectivity index (χ4v) is 1.44. The molecular formula is C11H27N2O5P. The van der Waals surface area contributed by atoms with Crippen molar-refractivity contribution in [1.82, 2.24) is 10.6 Å². The second-order valence-electron chi connectivity index (χ2n) is 4.10. The van der Waals surface area contributed by atoms with Gasteiger partial charge >= 0.3 is 13.6 Å². The summed E-state index contributed by atoms with van der Waals surface area (Å²) >= 11 is 0. The molecule has 0 unspecified atom stereocenters. The molecule has 0 aliphatic carbocycles. The van der Waals surface area contributed by atoms with Crippen LogP contribution in [-0.2, 0) is 9.36 Å². The van der Waals surface area contributed by atoms with Crippen molar-refractivity contribution in [2.45, 2.75) is 39.5 Å². The number of unbranched alkanes of at least 4 members (excludes halogenated alkanes) is 2. The maximum Gasteiger partial charge on any atom is 0.339 e. The molecule has 8 heteroatoms. The molecule has 0 atom stereocenters. The van der Waals surface area contributed by atoms with Crippen molar-refractivity contribution in [2.75, 3.05) is 25.9 Å². The van der Waals surface area contributed by atoms with E-state index in [4.69, 9.17) is 14.9 Å². The van der Waals surface area contributed by atoms with Gasteiger partial charge in [-0.1, -0.05) is 26.7 Å². The van der Waals surface area contributed by atoms with E-state index in [0.29, 0.717) is 0 Å². The minimum Gasteiger partial charge on any atom is -0.480 e. The van der Waals surface area contributed by atoms with Crippen molar-refractivity contribution in [3.8, 4) is 0 Å². The molecule has 0 saturated carbocycles. The second-order valence-corrected chi connectivity index (χ2v) is 5.75. The third-order valence-corrected chi connectivity index (χ3v) is 2.64. The van der Waals surface area contributed by atoms with E-state index in [2.05, 4.69) is 24.5 Å². The first-order valence-electron chi connectivity index (χ1n) is 6.51. The van der Waals surface area contributed by atoms with Crippen molar-refractivity contribution in [3.05, 3.63) is 0 Å². The maximum atomic E-state index is 10.1. The smallest absolute Gasteiger partial charge is 0.339 e. The van der Waals surface area contributed by atoms with Crippen LogP contribution in [0.4, 0.5) is 0 Å². The fraction of sp³-hybridized carbons (Fsp3) is 0.909. The van der Waals surface area contributed by atoms with Crippen molar-refractivity contribution in [2.24, 2.45) is 0 Å².